The predicted octanol–water partition coefficient (Wildman–Crippen LogP) is 3.63. The molecule has 0 fully saturated rings. The van der Waals surface area contributed by atoms with E-state index in [0.29, 0.717) is 4.47 Å². The molecular formula is C18H16BrNO4. The molecule has 0 saturated carbocycles. The average molecular weight is 390 g/mol. The van der Waals surface area contributed by atoms with Gasteiger partial charge in [-0.1, -0.05) is 18.2 Å². The first-order valence-corrected chi connectivity index (χ1v) is 7.79. The monoisotopic (exact) mass is 389 g/mol. The molecule has 0 unspecified atom stereocenters. The van der Waals surface area contributed by atoms with Crippen LogP contribution in [0.15, 0.2) is 58.9 Å². The lowest BCUT2D eigenvalue weighted by molar-refractivity contribution is -0.119. The summed E-state index contributed by atoms with van der Waals surface area (Å²) >= 11 is 3.23. The highest BCUT2D eigenvalue weighted by Gasteiger charge is 2.08. The number of rotatable bonds is 5. The number of ether oxygens (including phenoxy) is 1. The zero-order valence-electron chi connectivity index (χ0n) is 12.9. The van der Waals surface area contributed by atoms with Crippen molar-refractivity contribution in [3.63, 3.8) is 0 Å². The Morgan fingerprint density at radius 2 is 1.79 bits per heavy atom. The summed E-state index contributed by atoms with van der Waals surface area (Å²) < 4.78 is 5.67. The first-order chi connectivity index (χ1) is 11.5. The van der Waals surface area contributed by atoms with Crippen LogP contribution < -0.4 is 5.32 Å². The molecule has 3 N–H and O–H groups in total. The molecular weight excluding hydrogens is 374 g/mol. The van der Waals surface area contributed by atoms with E-state index in [1.807, 2.05) is 0 Å². The highest BCUT2D eigenvalue weighted by atomic mass is 79.9. The van der Waals surface area contributed by atoms with Crippen LogP contribution in [0.1, 0.15) is 11.1 Å². The minimum atomic E-state index is -0.403. The topological polar surface area (TPSA) is 78.8 Å². The van der Waals surface area contributed by atoms with Crippen molar-refractivity contribution in [2.75, 3.05) is 7.11 Å². The summed E-state index contributed by atoms with van der Waals surface area (Å²) in [6, 6.07) is 11.4. The van der Waals surface area contributed by atoms with Gasteiger partial charge >= 0.3 is 0 Å². The average Bonchev–Trinajstić information content (AvgIpc) is 2.57. The van der Waals surface area contributed by atoms with Crippen LogP contribution in [0, 0.1) is 0 Å². The molecule has 0 aliphatic carbocycles. The second-order valence-corrected chi connectivity index (χ2v) is 5.68. The molecule has 0 atom stereocenters. The zero-order valence-corrected chi connectivity index (χ0v) is 14.4. The lowest BCUT2D eigenvalue weighted by atomic mass is 10.2. The van der Waals surface area contributed by atoms with E-state index in [4.69, 9.17) is 4.74 Å². The van der Waals surface area contributed by atoms with Gasteiger partial charge in [-0.2, -0.15) is 0 Å². The lowest BCUT2D eigenvalue weighted by Gasteiger charge is -2.05. The molecule has 24 heavy (non-hydrogen) atoms. The Hall–Kier alpha value is -2.73. The molecule has 0 aliphatic rings. The van der Waals surface area contributed by atoms with Crippen LogP contribution in [0.2, 0.25) is 0 Å². The van der Waals surface area contributed by atoms with E-state index in [-0.39, 0.29) is 17.3 Å². The summed E-state index contributed by atoms with van der Waals surface area (Å²) in [5, 5.41) is 21.3. The number of hydrogen-bond acceptors (Lipinski definition) is 4. The van der Waals surface area contributed by atoms with Gasteiger partial charge in [0, 0.05) is 6.20 Å². The fraction of sp³-hybridized carbons (Fsp3) is 0.0556. The van der Waals surface area contributed by atoms with Crippen molar-refractivity contribution in [1.82, 2.24) is 5.32 Å². The zero-order chi connectivity index (χ0) is 17.5. The molecule has 1 amide bonds. The number of phenolic OH excluding ortho intramolecular Hbond substituents is 2. The third-order valence-electron chi connectivity index (χ3n) is 3.10. The van der Waals surface area contributed by atoms with Crippen molar-refractivity contribution in [1.29, 1.82) is 0 Å². The van der Waals surface area contributed by atoms with E-state index in [1.165, 1.54) is 25.4 Å². The Balaban J connectivity index is 2.04. The normalized spacial score (nSPS) is 11.5. The number of halogens is 1. The third-order valence-corrected chi connectivity index (χ3v) is 3.73. The van der Waals surface area contributed by atoms with Gasteiger partial charge in [0.1, 0.15) is 11.5 Å². The number of carbonyl (C=O) groups excluding carboxylic acids is 1. The van der Waals surface area contributed by atoms with Crippen LogP contribution in [-0.4, -0.2) is 23.2 Å². The summed E-state index contributed by atoms with van der Waals surface area (Å²) in [4.78, 5) is 12.1. The van der Waals surface area contributed by atoms with Gasteiger partial charge in [0.15, 0.2) is 5.76 Å². The molecule has 124 valence electrons. The number of phenols is 2. The van der Waals surface area contributed by atoms with Gasteiger partial charge in [-0.3, -0.25) is 4.79 Å². The van der Waals surface area contributed by atoms with Crippen LogP contribution in [0.3, 0.4) is 0 Å². The summed E-state index contributed by atoms with van der Waals surface area (Å²) in [6.45, 7) is 0. The lowest BCUT2D eigenvalue weighted by Crippen LogP contribution is -2.20. The van der Waals surface area contributed by atoms with Crippen LogP contribution >= 0.6 is 15.9 Å². The minimum absolute atomic E-state index is 0.136. The van der Waals surface area contributed by atoms with Crippen molar-refractivity contribution < 1.29 is 19.7 Å². The Kier molecular flexibility index (Phi) is 6.03. The van der Waals surface area contributed by atoms with Crippen LogP contribution in [-0.2, 0) is 9.53 Å². The maximum Gasteiger partial charge on any atom is 0.290 e. The van der Waals surface area contributed by atoms with Crippen molar-refractivity contribution in [2.24, 2.45) is 0 Å². The van der Waals surface area contributed by atoms with E-state index in [1.54, 1.807) is 42.5 Å². The largest absolute Gasteiger partial charge is 0.508 e. The van der Waals surface area contributed by atoms with Gasteiger partial charge < -0.3 is 20.3 Å². The molecule has 0 spiro atoms. The Labute approximate surface area is 148 Å². The molecule has 5 nitrogen and oxygen atoms in total. The van der Waals surface area contributed by atoms with Crippen molar-refractivity contribution >= 4 is 34.0 Å². The summed E-state index contributed by atoms with van der Waals surface area (Å²) in [5.41, 5.74) is 1.53. The SMILES string of the molecule is CO/C(=C\c1ccc(O)cc1)C(=O)N/C=C/c1ccc(O)c(Br)c1. The van der Waals surface area contributed by atoms with E-state index in [9.17, 15) is 15.0 Å². The number of hydrogen-bond donors (Lipinski definition) is 3. The fourth-order valence-electron chi connectivity index (χ4n) is 1.85. The minimum Gasteiger partial charge on any atom is -0.508 e. The predicted molar refractivity (Wildman–Crippen MR) is 96.1 cm³/mol. The fourth-order valence-corrected chi connectivity index (χ4v) is 2.25. The molecule has 0 heterocycles. The van der Waals surface area contributed by atoms with Crippen molar-refractivity contribution in [2.45, 2.75) is 0 Å². The molecule has 0 saturated heterocycles. The molecule has 2 aromatic rings. The maximum absolute atomic E-state index is 12.1. The van der Waals surface area contributed by atoms with E-state index in [0.717, 1.165) is 11.1 Å². The smallest absolute Gasteiger partial charge is 0.290 e. The molecule has 0 aromatic heterocycles. The van der Waals surface area contributed by atoms with Gasteiger partial charge in [-0.15, -0.1) is 0 Å². The van der Waals surface area contributed by atoms with Gasteiger partial charge in [0.05, 0.1) is 11.6 Å². The Morgan fingerprint density at radius 3 is 2.42 bits per heavy atom. The van der Waals surface area contributed by atoms with E-state index >= 15 is 0 Å². The number of aromatic hydroxyl groups is 2. The van der Waals surface area contributed by atoms with Crippen molar-refractivity contribution in [3.05, 3.63) is 70.0 Å². The first-order valence-electron chi connectivity index (χ1n) is 7.00. The highest BCUT2D eigenvalue weighted by molar-refractivity contribution is 9.10. The number of benzene rings is 2. The van der Waals surface area contributed by atoms with Crippen molar-refractivity contribution in [3.8, 4) is 11.5 Å². The first kappa shape index (κ1) is 17.6. The molecule has 0 bridgehead atoms. The summed E-state index contributed by atoms with van der Waals surface area (Å²) in [6.07, 6.45) is 4.75. The van der Waals surface area contributed by atoms with Gasteiger partial charge in [0.2, 0.25) is 0 Å². The van der Waals surface area contributed by atoms with E-state index < -0.39 is 5.91 Å². The third kappa shape index (κ3) is 4.89. The van der Waals surface area contributed by atoms with Gasteiger partial charge in [-0.05, 0) is 63.5 Å². The number of nitrogens with one attached hydrogen (secondary N) is 1. The number of amides is 1. The van der Waals surface area contributed by atoms with Crippen LogP contribution in [0.4, 0.5) is 0 Å². The standard InChI is InChI=1S/C18H16BrNO4/c1-24-17(11-12-2-5-14(21)6-3-12)18(23)20-9-8-13-4-7-16(22)15(19)10-13/h2-11,21-22H,1H3,(H,20,23)/b9-8+,17-11-. The molecule has 0 aliphatic heterocycles. The van der Waals surface area contributed by atoms with Crippen LogP contribution in [0.5, 0.6) is 11.5 Å². The Morgan fingerprint density at radius 1 is 1.12 bits per heavy atom. The van der Waals surface area contributed by atoms with E-state index in [2.05, 4.69) is 21.2 Å². The maximum atomic E-state index is 12.1. The molecule has 2 aromatic carbocycles. The molecule has 2 rings (SSSR count). The van der Waals surface area contributed by atoms with Gasteiger partial charge in [0.25, 0.3) is 5.91 Å². The molecule has 0 radical (unpaired) electrons. The summed E-state index contributed by atoms with van der Waals surface area (Å²) in [5.74, 6) is 0.0325. The van der Waals surface area contributed by atoms with Crippen LogP contribution in [0.25, 0.3) is 12.2 Å². The molecule has 6 heteroatoms. The Bertz CT molecular complexity index is 782. The second kappa shape index (κ2) is 8.21. The number of methoxy groups -OCH3 is 1. The second-order valence-electron chi connectivity index (χ2n) is 4.82. The number of carbonyl (C=O) groups is 1. The highest BCUT2D eigenvalue weighted by Crippen LogP contribution is 2.24. The van der Waals surface area contributed by atoms with Gasteiger partial charge in [-0.25, -0.2) is 0 Å². The quantitative estimate of drug-likeness (QED) is 0.538. The summed E-state index contributed by atoms with van der Waals surface area (Å²) in [7, 11) is 1.41.